The van der Waals surface area contributed by atoms with Gasteiger partial charge in [-0.25, -0.2) is 0 Å². The summed E-state index contributed by atoms with van der Waals surface area (Å²) in [6.45, 7) is 2.34. The summed E-state index contributed by atoms with van der Waals surface area (Å²) in [5.41, 5.74) is 0. The second kappa shape index (κ2) is 7.20. The zero-order valence-corrected chi connectivity index (χ0v) is 13.1. The Morgan fingerprint density at radius 1 is 1.06 bits per heavy atom. The van der Waals surface area contributed by atoms with Gasteiger partial charge in [0.15, 0.2) is 0 Å². The van der Waals surface area contributed by atoms with Crippen LogP contribution in [0, 0.1) is 5.92 Å². The van der Waals surface area contributed by atoms with Gasteiger partial charge in [0, 0.05) is 10.2 Å². The molecule has 0 radical (unpaired) electrons. The maximum absolute atomic E-state index is 3.51. The Labute approximate surface area is 122 Å². The summed E-state index contributed by atoms with van der Waals surface area (Å²) in [6.07, 6.45) is 2.57. The van der Waals surface area contributed by atoms with Crippen LogP contribution in [0.1, 0.15) is 19.8 Å². The summed E-state index contributed by atoms with van der Waals surface area (Å²) in [4.78, 5) is 1.39. The van der Waals surface area contributed by atoms with Gasteiger partial charge in [0.05, 0.1) is 0 Å². The van der Waals surface area contributed by atoms with Crippen molar-refractivity contribution >= 4 is 38.5 Å². The molecule has 1 unspecified atom stereocenters. The Hall–Kier alpha value is -0.470. The van der Waals surface area contributed by atoms with Gasteiger partial charge in [0.25, 0.3) is 0 Å². The van der Waals surface area contributed by atoms with E-state index in [0.29, 0.717) is 0 Å². The molecule has 0 bridgehead atoms. The summed E-state index contributed by atoms with van der Waals surface area (Å²) in [6, 6.07) is 15.3. The monoisotopic (exact) mass is 322 g/mol. The van der Waals surface area contributed by atoms with Crippen molar-refractivity contribution in [3.63, 3.8) is 0 Å². The highest BCUT2D eigenvalue weighted by Gasteiger charge is 2.02. The van der Waals surface area contributed by atoms with Crippen LogP contribution in [-0.2, 0) is 0 Å². The topological polar surface area (TPSA) is 0 Å². The van der Waals surface area contributed by atoms with Gasteiger partial charge in [-0.15, -0.1) is 11.8 Å². The minimum absolute atomic E-state index is 0.817. The molecule has 96 valence electrons. The highest BCUT2D eigenvalue weighted by molar-refractivity contribution is 9.09. The van der Waals surface area contributed by atoms with Crippen molar-refractivity contribution in [1.29, 1.82) is 0 Å². The van der Waals surface area contributed by atoms with Crippen molar-refractivity contribution in [3.05, 3.63) is 42.5 Å². The molecule has 0 aliphatic carbocycles. The average Bonchev–Trinajstić information content (AvgIpc) is 2.39. The number of rotatable bonds is 6. The molecule has 0 nitrogen and oxygen atoms in total. The lowest BCUT2D eigenvalue weighted by molar-refractivity contribution is 0.555. The molecule has 0 saturated heterocycles. The minimum atomic E-state index is 0.817. The Kier molecular flexibility index (Phi) is 5.58. The summed E-state index contributed by atoms with van der Waals surface area (Å²) >= 11 is 5.48. The van der Waals surface area contributed by atoms with Crippen molar-refractivity contribution in [2.45, 2.75) is 24.7 Å². The third kappa shape index (κ3) is 4.03. The zero-order valence-electron chi connectivity index (χ0n) is 10.7. The number of benzene rings is 2. The van der Waals surface area contributed by atoms with Gasteiger partial charge in [-0.05, 0) is 47.4 Å². The molecular formula is C16H19BrS. The first-order valence-electron chi connectivity index (χ1n) is 6.47. The third-order valence-electron chi connectivity index (χ3n) is 3.20. The first-order valence-corrected chi connectivity index (χ1v) is 8.58. The molecule has 2 heteroatoms. The van der Waals surface area contributed by atoms with Gasteiger partial charge in [-0.2, -0.15) is 0 Å². The molecule has 2 rings (SSSR count). The molecule has 0 spiro atoms. The molecule has 0 fully saturated rings. The molecule has 0 N–H and O–H groups in total. The first kappa shape index (κ1) is 14.0. The molecule has 2 aromatic carbocycles. The van der Waals surface area contributed by atoms with Crippen molar-refractivity contribution in [3.8, 4) is 0 Å². The van der Waals surface area contributed by atoms with Crippen LogP contribution in [0.3, 0.4) is 0 Å². The van der Waals surface area contributed by atoms with Gasteiger partial charge in [-0.3, -0.25) is 0 Å². The first-order chi connectivity index (χ1) is 8.79. The van der Waals surface area contributed by atoms with E-state index in [1.807, 2.05) is 11.8 Å². The van der Waals surface area contributed by atoms with Crippen LogP contribution in [0.5, 0.6) is 0 Å². The predicted octanol–water partition coefficient (Wildman–Crippen LogP) is 5.74. The lowest BCUT2D eigenvalue weighted by Gasteiger charge is -2.09. The average molecular weight is 323 g/mol. The number of alkyl halides is 1. The van der Waals surface area contributed by atoms with E-state index in [-0.39, 0.29) is 0 Å². The molecule has 0 aliphatic rings. The summed E-state index contributed by atoms with van der Waals surface area (Å²) < 4.78 is 0. The molecule has 0 saturated carbocycles. The van der Waals surface area contributed by atoms with Gasteiger partial charge >= 0.3 is 0 Å². The Bertz CT molecular complexity index is 495. The van der Waals surface area contributed by atoms with Crippen LogP contribution in [-0.4, -0.2) is 11.1 Å². The Morgan fingerprint density at radius 3 is 2.61 bits per heavy atom. The molecule has 0 aliphatic heterocycles. The number of halogens is 1. The minimum Gasteiger partial charge on any atom is -0.126 e. The predicted molar refractivity (Wildman–Crippen MR) is 86.9 cm³/mol. The number of hydrogen-bond acceptors (Lipinski definition) is 1. The lowest BCUT2D eigenvalue weighted by Crippen LogP contribution is -1.96. The van der Waals surface area contributed by atoms with E-state index in [9.17, 15) is 0 Å². The smallest absolute Gasteiger partial charge is 0.00783 e. The molecular weight excluding hydrogens is 304 g/mol. The zero-order chi connectivity index (χ0) is 12.8. The van der Waals surface area contributed by atoms with E-state index in [1.54, 1.807) is 0 Å². The quantitative estimate of drug-likeness (QED) is 0.482. The van der Waals surface area contributed by atoms with Crippen LogP contribution in [0.25, 0.3) is 10.8 Å². The number of thioether (sulfide) groups is 1. The summed E-state index contributed by atoms with van der Waals surface area (Å²) in [5.74, 6) is 2.03. The normalized spacial score (nSPS) is 12.8. The van der Waals surface area contributed by atoms with E-state index < -0.39 is 0 Å². The van der Waals surface area contributed by atoms with E-state index in [0.717, 1.165) is 11.2 Å². The molecule has 0 heterocycles. The van der Waals surface area contributed by atoms with Crippen molar-refractivity contribution in [2.75, 3.05) is 11.1 Å². The second-order valence-electron chi connectivity index (χ2n) is 4.73. The van der Waals surface area contributed by atoms with Crippen LogP contribution >= 0.6 is 27.7 Å². The van der Waals surface area contributed by atoms with Crippen molar-refractivity contribution < 1.29 is 0 Å². The van der Waals surface area contributed by atoms with E-state index >= 15 is 0 Å². The fourth-order valence-corrected chi connectivity index (χ4v) is 3.88. The number of hydrogen-bond donors (Lipinski definition) is 0. The van der Waals surface area contributed by atoms with E-state index in [2.05, 4.69) is 65.3 Å². The third-order valence-corrected chi connectivity index (χ3v) is 4.69. The van der Waals surface area contributed by atoms with Crippen LogP contribution in [0.4, 0.5) is 0 Å². The highest BCUT2D eigenvalue weighted by Crippen LogP contribution is 2.25. The lowest BCUT2D eigenvalue weighted by atomic mass is 10.1. The highest BCUT2D eigenvalue weighted by atomic mass is 79.9. The molecule has 2 aromatic rings. The van der Waals surface area contributed by atoms with Crippen LogP contribution < -0.4 is 0 Å². The van der Waals surface area contributed by atoms with E-state index in [4.69, 9.17) is 0 Å². The summed E-state index contributed by atoms with van der Waals surface area (Å²) in [7, 11) is 0. The standard InChI is InChI=1S/C16H19BrS/c1-13(8-10-17)9-11-18-16-7-6-14-4-2-3-5-15(14)12-16/h2-7,12-13H,8-11H2,1H3. The summed E-state index contributed by atoms with van der Waals surface area (Å²) in [5, 5.41) is 3.79. The van der Waals surface area contributed by atoms with Crippen LogP contribution in [0.2, 0.25) is 0 Å². The maximum atomic E-state index is 3.51. The SMILES string of the molecule is CC(CCBr)CCSc1ccc2ccccc2c1. The van der Waals surface area contributed by atoms with Crippen LogP contribution in [0.15, 0.2) is 47.4 Å². The fraction of sp³-hybridized carbons (Fsp3) is 0.375. The van der Waals surface area contributed by atoms with E-state index in [1.165, 1.54) is 34.3 Å². The van der Waals surface area contributed by atoms with Gasteiger partial charge in [-0.1, -0.05) is 53.2 Å². The molecule has 1 atom stereocenters. The molecule has 18 heavy (non-hydrogen) atoms. The van der Waals surface area contributed by atoms with Gasteiger partial charge in [0.1, 0.15) is 0 Å². The van der Waals surface area contributed by atoms with Crippen molar-refractivity contribution in [1.82, 2.24) is 0 Å². The fourth-order valence-electron chi connectivity index (χ4n) is 1.97. The van der Waals surface area contributed by atoms with Gasteiger partial charge in [0.2, 0.25) is 0 Å². The Morgan fingerprint density at radius 2 is 1.83 bits per heavy atom. The Balaban J connectivity index is 1.91. The largest absolute Gasteiger partial charge is 0.126 e. The number of fused-ring (bicyclic) bond motifs is 1. The molecule has 0 amide bonds. The molecule has 0 aromatic heterocycles. The maximum Gasteiger partial charge on any atom is 0.00783 e. The van der Waals surface area contributed by atoms with Crippen molar-refractivity contribution in [2.24, 2.45) is 5.92 Å². The second-order valence-corrected chi connectivity index (χ2v) is 6.69. The van der Waals surface area contributed by atoms with Gasteiger partial charge < -0.3 is 0 Å².